The van der Waals surface area contributed by atoms with Crippen LogP contribution in [0.1, 0.15) is 18.5 Å². The first-order valence-electron chi connectivity index (χ1n) is 6.64. The summed E-state index contributed by atoms with van der Waals surface area (Å²) in [5, 5.41) is 18.0. The van der Waals surface area contributed by atoms with E-state index in [-0.39, 0.29) is 17.2 Å². The molecule has 122 valence electrons. The summed E-state index contributed by atoms with van der Waals surface area (Å²) in [6, 6.07) is 2.35. The molecule has 23 heavy (non-hydrogen) atoms. The average molecular weight is 354 g/mol. The highest BCUT2D eigenvalue weighted by atomic mass is 32.2. The summed E-state index contributed by atoms with van der Waals surface area (Å²) >= 11 is 6.12. The molecule has 7 nitrogen and oxygen atoms in total. The molecule has 1 aromatic rings. The largest absolute Gasteiger partial charge is 0.481 e. The molecular formula is C14H14N2O5S2. The molecular weight excluding hydrogens is 340 g/mol. The van der Waals surface area contributed by atoms with E-state index >= 15 is 0 Å². The van der Waals surface area contributed by atoms with Crippen LogP contribution in [0.5, 0.6) is 0 Å². The van der Waals surface area contributed by atoms with Crippen LogP contribution in [0.2, 0.25) is 0 Å². The molecule has 0 saturated carbocycles. The second kappa shape index (κ2) is 6.97. The van der Waals surface area contributed by atoms with Gasteiger partial charge in [-0.1, -0.05) is 24.0 Å². The average Bonchev–Trinajstić information content (AvgIpc) is 2.97. The van der Waals surface area contributed by atoms with Crippen molar-refractivity contribution in [3.63, 3.8) is 0 Å². The Morgan fingerprint density at radius 3 is 2.65 bits per heavy atom. The minimum atomic E-state index is -1.28. The van der Waals surface area contributed by atoms with Gasteiger partial charge in [-0.05, 0) is 24.6 Å². The van der Waals surface area contributed by atoms with E-state index in [1.54, 1.807) is 6.08 Å². The Kier molecular flexibility index (Phi) is 5.22. The highest BCUT2D eigenvalue weighted by Gasteiger charge is 2.40. The second-order valence-corrected chi connectivity index (χ2v) is 6.56. The number of rotatable bonds is 6. The van der Waals surface area contributed by atoms with Crippen molar-refractivity contribution in [2.24, 2.45) is 7.05 Å². The number of aryl methyl sites for hydroxylation is 1. The monoisotopic (exact) mass is 354 g/mol. The summed E-state index contributed by atoms with van der Waals surface area (Å²) in [4.78, 5) is 35.8. The van der Waals surface area contributed by atoms with Crippen LogP contribution in [0.25, 0.3) is 6.08 Å². The number of carbonyl (C=O) groups excluding carboxylic acids is 1. The second-order valence-electron chi connectivity index (χ2n) is 4.88. The molecule has 2 N–H and O–H groups in total. The van der Waals surface area contributed by atoms with E-state index in [2.05, 4.69) is 0 Å². The zero-order valence-corrected chi connectivity index (χ0v) is 13.8. The molecule has 0 spiro atoms. The summed E-state index contributed by atoms with van der Waals surface area (Å²) in [5.41, 5.74) is 0.780. The third-order valence-corrected chi connectivity index (χ3v) is 4.65. The van der Waals surface area contributed by atoms with Gasteiger partial charge in [0.2, 0.25) is 0 Å². The van der Waals surface area contributed by atoms with Crippen molar-refractivity contribution in [3.8, 4) is 0 Å². The lowest BCUT2D eigenvalue weighted by Crippen LogP contribution is -2.44. The van der Waals surface area contributed by atoms with Crippen LogP contribution < -0.4 is 0 Å². The van der Waals surface area contributed by atoms with Gasteiger partial charge in [-0.3, -0.25) is 14.5 Å². The molecule has 1 aromatic heterocycles. The molecule has 0 bridgehead atoms. The van der Waals surface area contributed by atoms with Gasteiger partial charge in [-0.2, -0.15) is 0 Å². The van der Waals surface area contributed by atoms with E-state index in [1.165, 1.54) is 0 Å². The zero-order valence-electron chi connectivity index (χ0n) is 12.1. The highest BCUT2D eigenvalue weighted by Crippen LogP contribution is 2.34. The third-order valence-electron chi connectivity index (χ3n) is 3.31. The molecule has 2 heterocycles. The fraction of sp³-hybridized carbons (Fsp3) is 0.286. The number of amides is 1. The number of hydrogen-bond donors (Lipinski definition) is 2. The van der Waals surface area contributed by atoms with Gasteiger partial charge in [0.05, 0.1) is 4.91 Å². The molecule has 1 saturated heterocycles. The lowest BCUT2D eigenvalue weighted by Gasteiger charge is -2.22. The van der Waals surface area contributed by atoms with Gasteiger partial charge < -0.3 is 14.8 Å². The number of carboxylic acid groups (broad SMARTS) is 2. The quantitative estimate of drug-likeness (QED) is 0.590. The number of thiocarbonyl (C=S) groups is 1. The van der Waals surface area contributed by atoms with Crippen molar-refractivity contribution in [2.75, 3.05) is 0 Å². The van der Waals surface area contributed by atoms with Gasteiger partial charge in [0.1, 0.15) is 10.4 Å². The highest BCUT2D eigenvalue weighted by molar-refractivity contribution is 8.26. The SMILES string of the molecule is Cn1cccc1/C=C1/SC(=S)N([C@@H](CCC(=O)O)C(=O)O)C1=O. The fourth-order valence-corrected chi connectivity index (χ4v) is 3.47. The van der Waals surface area contributed by atoms with Crippen LogP contribution in [0.15, 0.2) is 23.2 Å². The van der Waals surface area contributed by atoms with Gasteiger partial charge in [0.15, 0.2) is 0 Å². The van der Waals surface area contributed by atoms with Crippen molar-refractivity contribution < 1.29 is 24.6 Å². The number of thioether (sulfide) groups is 1. The van der Waals surface area contributed by atoms with Gasteiger partial charge in [0.25, 0.3) is 5.91 Å². The standard InChI is InChI=1S/C14H14N2O5S2/c1-15-6-2-3-8(15)7-10-12(19)16(14(22)23-10)9(13(20)21)4-5-11(17)18/h2-3,6-7,9H,4-5H2,1H3,(H,17,18)(H,20,21)/b10-7+/t9-/m0/s1. The van der Waals surface area contributed by atoms with Crippen LogP contribution in [0.4, 0.5) is 0 Å². The van der Waals surface area contributed by atoms with Crippen molar-refractivity contribution in [1.29, 1.82) is 0 Å². The van der Waals surface area contributed by atoms with E-state index in [0.717, 1.165) is 22.4 Å². The smallest absolute Gasteiger partial charge is 0.326 e. The van der Waals surface area contributed by atoms with Crippen LogP contribution in [-0.2, 0) is 21.4 Å². The van der Waals surface area contributed by atoms with Crippen molar-refractivity contribution >= 4 is 52.2 Å². The first-order valence-corrected chi connectivity index (χ1v) is 7.86. The van der Waals surface area contributed by atoms with Gasteiger partial charge in [0, 0.05) is 25.4 Å². The maximum Gasteiger partial charge on any atom is 0.326 e. The van der Waals surface area contributed by atoms with Gasteiger partial charge >= 0.3 is 11.9 Å². The Hall–Kier alpha value is -2.13. The summed E-state index contributed by atoms with van der Waals surface area (Å²) in [6.07, 6.45) is 2.90. The Morgan fingerprint density at radius 2 is 2.13 bits per heavy atom. The normalized spacial score (nSPS) is 17.8. The number of carbonyl (C=O) groups is 3. The Balaban J connectivity index is 2.26. The Labute approximate surface area is 141 Å². The molecule has 1 amide bonds. The van der Waals surface area contributed by atoms with Crippen molar-refractivity contribution in [1.82, 2.24) is 9.47 Å². The van der Waals surface area contributed by atoms with E-state index < -0.39 is 23.9 Å². The Morgan fingerprint density at radius 1 is 1.43 bits per heavy atom. The molecule has 2 rings (SSSR count). The van der Waals surface area contributed by atoms with Crippen LogP contribution in [0, 0.1) is 0 Å². The molecule has 1 aliphatic heterocycles. The van der Waals surface area contributed by atoms with Crippen molar-refractivity contribution in [3.05, 3.63) is 28.9 Å². The number of aromatic nitrogens is 1. The number of carboxylic acids is 2. The molecule has 1 aliphatic rings. The number of nitrogens with zero attached hydrogens (tertiary/aromatic N) is 2. The van der Waals surface area contributed by atoms with Crippen LogP contribution in [-0.4, -0.2) is 47.9 Å². The summed E-state index contributed by atoms with van der Waals surface area (Å²) in [5.74, 6) is -2.91. The number of aliphatic carboxylic acids is 2. The zero-order chi connectivity index (χ0) is 17.1. The van der Waals surface area contributed by atoms with E-state index in [1.807, 2.05) is 29.9 Å². The summed E-state index contributed by atoms with van der Waals surface area (Å²) < 4.78 is 1.93. The lowest BCUT2D eigenvalue weighted by molar-refractivity contribution is -0.146. The molecule has 1 fully saturated rings. The van der Waals surface area contributed by atoms with E-state index in [9.17, 15) is 19.5 Å². The molecule has 0 unspecified atom stereocenters. The summed E-state index contributed by atoms with van der Waals surface area (Å²) in [6.45, 7) is 0. The predicted octanol–water partition coefficient (Wildman–Crippen LogP) is 1.54. The Bertz CT molecular complexity index is 710. The van der Waals surface area contributed by atoms with Crippen molar-refractivity contribution in [2.45, 2.75) is 18.9 Å². The minimum Gasteiger partial charge on any atom is -0.481 e. The van der Waals surface area contributed by atoms with E-state index in [0.29, 0.717) is 4.91 Å². The topological polar surface area (TPSA) is 99.8 Å². The van der Waals surface area contributed by atoms with Gasteiger partial charge in [-0.25, -0.2) is 4.79 Å². The molecule has 0 aliphatic carbocycles. The first-order chi connectivity index (χ1) is 10.8. The maximum absolute atomic E-state index is 12.5. The van der Waals surface area contributed by atoms with Gasteiger partial charge in [-0.15, -0.1) is 0 Å². The molecule has 9 heteroatoms. The predicted molar refractivity (Wildman–Crippen MR) is 88.7 cm³/mol. The maximum atomic E-state index is 12.5. The molecule has 0 radical (unpaired) electrons. The first kappa shape index (κ1) is 17.2. The summed E-state index contributed by atoms with van der Waals surface area (Å²) in [7, 11) is 1.82. The van der Waals surface area contributed by atoms with Crippen LogP contribution >= 0.6 is 24.0 Å². The fourth-order valence-electron chi connectivity index (χ4n) is 2.13. The van der Waals surface area contributed by atoms with E-state index in [4.69, 9.17) is 17.3 Å². The third kappa shape index (κ3) is 3.80. The molecule has 1 atom stereocenters. The van der Waals surface area contributed by atoms with Crippen LogP contribution in [0.3, 0.4) is 0 Å². The minimum absolute atomic E-state index is 0.119. The lowest BCUT2D eigenvalue weighted by atomic mass is 10.1. The number of hydrogen-bond acceptors (Lipinski definition) is 5. The molecule has 0 aromatic carbocycles.